The van der Waals surface area contributed by atoms with Crippen LogP contribution in [0.5, 0.6) is 0 Å². The maximum Gasteiger partial charge on any atom is 0.138 e. The van der Waals surface area contributed by atoms with Crippen LogP contribution in [-0.4, -0.2) is 26.8 Å². The third kappa shape index (κ3) is 3.52. The number of nitrogens with one attached hydrogen (secondary N) is 1. The predicted molar refractivity (Wildman–Crippen MR) is 75.1 cm³/mol. The minimum atomic E-state index is 0.108. The molecule has 2 aromatic rings. The first-order valence-electron chi connectivity index (χ1n) is 6.40. The van der Waals surface area contributed by atoms with Gasteiger partial charge in [0.25, 0.3) is 0 Å². The smallest absolute Gasteiger partial charge is 0.138 e. The summed E-state index contributed by atoms with van der Waals surface area (Å²) in [5.41, 5.74) is 0.956. The molecule has 19 heavy (non-hydrogen) atoms. The summed E-state index contributed by atoms with van der Waals surface area (Å²) < 4.78 is 1.94. The van der Waals surface area contributed by atoms with Crippen molar-refractivity contribution in [2.45, 2.75) is 32.4 Å². The Hall–Kier alpha value is -1.46. The molecule has 0 saturated carbocycles. The van der Waals surface area contributed by atoms with Gasteiger partial charge in [-0.2, -0.15) is 5.10 Å². The number of nitrogens with zero attached hydrogens (tertiary/aromatic N) is 4. The van der Waals surface area contributed by atoms with Crippen LogP contribution in [0, 0.1) is 0 Å². The van der Waals surface area contributed by atoms with Gasteiger partial charge in [0.05, 0.1) is 16.8 Å². The maximum atomic E-state index is 5.86. The summed E-state index contributed by atoms with van der Waals surface area (Å²) in [6.45, 7) is 3.02. The summed E-state index contributed by atoms with van der Waals surface area (Å²) in [6.07, 6.45) is 5.07. The van der Waals surface area contributed by atoms with Gasteiger partial charge in [0.1, 0.15) is 12.2 Å². The summed E-state index contributed by atoms with van der Waals surface area (Å²) in [6, 6.07) is 3.90. The Bertz CT molecular complexity index is 508. The molecule has 0 saturated heterocycles. The minimum absolute atomic E-state index is 0.108. The second kappa shape index (κ2) is 6.63. The fourth-order valence-corrected chi connectivity index (χ4v) is 2.09. The second-order valence-corrected chi connectivity index (χ2v) is 4.78. The number of rotatable bonds is 6. The van der Waals surface area contributed by atoms with Crippen molar-refractivity contribution in [3.8, 4) is 0 Å². The zero-order valence-electron chi connectivity index (χ0n) is 11.2. The molecule has 0 aromatic carbocycles. The molecule has 1 unspecified atom stereocenters. The molecule has 2 rings (SSSR count). The largest absolute Gasteiger partial charge is 0.311 e. The van der Waals surface area contributed by atoms with Crippen molar-refractivity contribution in [2.24, 2.45) is 0 Å². The van der Waals surface area contributed by atoms with Gasteiger partial charge in [0.2, 0.25) is 0 Å². The molecule has 0 spiro atoms. The summed E-state index contributed by atoms with van der Waals surface area (Å²) in [5.74, 6) is 0.970. The third-order valence-corrected chi connectivity index (χ3v) is 3.20. The first-order chi connectivity index (χ1) is 9.24. The van der Waals surface area contributed by atoms with Gasteiger partial charge in [0.15, 0.2) is 0 Å². The molecular formula is C13H18ClN5. The highest BCUT2D eigenvalue weighted by molar-refractivity contribution is 6.30. The topological polar surface area (TPSA) is 55.6 Å². The van der Waals surface area contributed by atoms with Crippen LogP contribution < -0.4 is 5.32 Å². The van der Waals surface area contributed by atoms with Crippen LogP contribution >= 0.6 is 11.6 Å². The van der Waals surface area contributed by atoms with Gasteiger partial charge in [-0.1, -0.05) is 18.5 Å². The molecule has 1 N–H and O–H groups in total. The van der Waals surface area contributed by atoms with Gasteiger partial charge in [0, 0.05) is 19.2 Å². The first-order valence-corrected chi connectivity index (χ1v) is 6.77. The van der Waals surface area contributed by atoms with E-state index < -0.39 is 0 Å². The SMILES string of the molecule is CCCn1ncnc1CC(NC)c1ccc(Cl)cn1. The standard InChI is InChI=1S/C13H18ClN5/c1-3-6-19-13(17-9-18-19)7-12(15-2)11-5-4-10(14)8-16-11/h4-5,8-9,12,15H,3,6-7H2,1-2H3. The number of hydrogen-bond donors (Lipinski definition) is 1. The molecule has 0 radical (unpaired) electrons. The van der Waals surface area contributed by atoms with Crippen molar-refractivity contribution in [2.75, 3.05) is 7.05 Å². The Morgan fingerprint density at radius 3 is 2.84 bits per heavy atom. The van der Waals surface area contributed by atoms with Gasteiger partial charge in [-0.3, -0.25) is 9.67 Å². The van der Waals surface area contributed by atoms with Crippen LogP contribution in [0.25, 0.3) is 0 Å². The Balaban J connectivity index is 2.14. The third-order valence-electron chi connectivity index (χ3n) is 2.97. The predicted octanol–water partition coefficient (Wildman–Crippen LogP) is 2.24. The Morgan fingerprint density at radius 1 is 1.37 bits per heavy atom. The quantitative estimate of drug-likeness (QED) is 0.881. The number of aromatic nitrogens is 4. The van der Waals surface area contributed by atoms with Crippen LogP contribution in [0.1, 0.15) is 30.9 Å². The molecule has 2 heterocycles. The van der Waals surface area contributed by atoms with Crippen LogP contribution in [0.3, 0.4) is 0 Å². The second-order valence-electron chi connectivity index (χ2n) is 4.35. The Labute approximate surface area is 118 Å². The molecule has 0 amide bonds. The molecule has 0 aliphatic rings. The van der Waals surface area contributed by atoms with Crippen LogP contribution in [0.2, 0.25) is 5.02 Å². The number of hydrogen-bond acceptors (Lipinski definition) is 4. The summed E-state index contributed by atoms with van der Waals surface area (Å²) in [4.78, 5) is 8.68. The van der Waals surface area contributed by atoms with Gasteiger partial charge >= 0.3 is 0 Å². The van der Waals surface area contributed by atoms with Gasteiger partial charge in [-0.05, 0) is 25.6 Å². The monoisotopic (exact) mass is 279 g/mol. The van der Waals surface area contributed by atoms with E-state index in [9.17, 15) is 0 Å². The lowest BCUT2D eigenvalue weighted by atomic mass is 10.1. The fourth-order valence-electron chi connectivity index (χ4n) is 1.98. The van der Waals surface area contributed by atoms with Crippen molar-refractivity contribution >= 4 is 11.6 Å². The van der Waals surface area contributed by atoms with E-state index in [1.807, 2.05) is 23.9 Å². The summed E-state index contributed by atoms with van der Waals surface area (Å²) >= 11 is 5.86. The molecular weight excluding hydrogens is 262 g/mol. The molecule has 0 bridgehead atoms. The lowest BCUT2D eigenvalue weighted by Crippen LogP contribution is -2.22. The average Bonchev–Trinajstić information content (AvgIpc) is 2.85. The van der Waals surface area contributed by atoms with Crippen molar-refractivity contribution < 1.29 is 0 Å². The van der Waals surface area contributed by atoms with E-state index in [1.54, 1.807) is 12.5 Å². The van der Waals surface area contributed by atoms with Gasteiger partial charge in [-0.25, -0.2) is 4.98 Å². The zero-order chi connectivity index (χ0) is 13.7. The Morgan fingerprint density at radius 2 is 2.21 bits per heavy atom. The number of likely N-dealkylation sites (N-methyl/N-ethyl adjacent to an activating group) is 1. The van der Waals surface area contributed by atoms with E-state index >= 15 is 0 Å². The van der Waals surface area contributed by atoms with E-state index in [0.717, 1.165) is 30.9 Å². The van der Waals surface area contributed by atoms with E-state index in [1.165, 1.54) is 0 Å². The van der Waals surface area contributed by atoms with E-state index in [-0.39, 0.29) is 6.04 Å². The van der Waals surface area contributed by atoms with Crippen molar-refractivity contribution in [3.05, 3.63) is 41.2 Å². The maximum absolute atomic E-state index is 5.86. The lowest BCUT2D eigenvalue weighted by Gasteiger charge is -2.15. The summed E-state index contributed by atoms with van der Waals surface area (Å²) in [7, 11) is 1.92. The number of halogens is 1. The molecule has 0 aliphatic carbocycles. The first kappa shape index (κ1) is 14.0. The highest BCUT2D eigenvalue weighted by atomic mass is 35.5. The van der Waals surface area contributed by atoms with Gasteiger partial charge < -0.3 is 5.32 Å². The molecule has 6 heteroatoms. The molecule has 5 nitrogen and oxygen atoms in total. The Kier molecular flexibility index (Phi) is 4.87. The highest BCUT2D eigenvalue weighted by Gasteiger charge is 2.15. The van der Waals surface area contributed by atoms with Crippen molar-refractivity contribution in [1.29, 1.82) is 0 Å². The highest BCUT2D eigenvalue weighted by Crippen LogP contribution is 2.17. The fraction of sp³-hybridized carbons (Fsp3) is 0.462. The molecule has 102 valence electrons. The molecule has 1 atom stereocenters. The van der Waals surface area contributed by atoms with E-state index in [2.05, 4.69) is 27.3 Å². The van der Waals surface area contributed by atoms with Crippen LogP contribution in [-0.2, 0) is 13.0 Å². The minimum Gasteiger partial charge on any atom is -0.311 e. The van der Waals surface area contributed by atoms with Crippen molar-refractivity contribution in [1.82, 2.24) is 25.1 Å². The van der Waals surface area contributed by atoms with E-state index in [0.29, 0.717) is 5.02 Å². The number of aryl methyl sites for hydroxylation is 1. The van der Waals surface area contributed by atoms with Crippen molar-refractivity contribution in [3.63, 3.8) is 0 Å². The average molecular weight is 280 g/mol. The molecule has 2 aromatic heterocycles. The molecule has 0 fully saturated rings. The van der Waals surface area contributed by atoms with Crippen LogP contribution in [0.15, 0.2) is 24.7 Å². The number of pyridine rings is 1. The molecule has 0 aliphatic heterocycles. The summed E-state index contributed by atoms with van der Waals surface area (Å²) in [5, 5.41) is 8.14. The van der Waals surface area contributed by atoms with Crippen LogP contribution in [0.4, 0.5) is 0 Å². The normalized spacial score (nSPS) is 12.6. The van der Waals surface area contributed by atoms with E-state index in [4.69, 9.17) is 11.6 Å². The van der Waals surface area contributed by atoms with Gasteiger partial charge in [-0.15, -0.1) is 0 Å². The lowest BCUT2D eigenvalue weighted by molar-refractivity contribution is 0.510. The zero-order valence-corrected chi connectivity index (χ0v) is 11.9.